The van der Waals surface area contributed by atoms with E-state index in [1.165, 1.54) is 0 Å². The van der Waals surface area contributed by atoms with Gasteiger partial charge in [0.05, 0.1) is 5.69 Å². The molecule has 9 heteroatoms. The highest BCUT2D eigenvalue weighted by molar-refractivity contribution is 5.49. The number of nitrogens with two attached hydrogens (primary N) is 1. The van der Waals surface area contributed by atoms with E-state index in [9.17, 15) is 26.3 Å². The van der Waals surface area contributed by atoms with Gasteiger partial charge >= 0.3 is 12.4 Å². The lowest BCUT2D eigenvalue weighted by Gasteiger charge is -2.12. The minimum atomic E-state index is -5.03. The summed E-state index contributed by atoms with van der Waals surface area (Å²) < 4.78 is 72.5. The molecule has 0 aliphatic heterocycles. The van der Waals surface area contributed by atoms with Gasteiger partial charge in [0.1, 0.15) is 6.33 Å². The summed E-state index contributed by atoms with van der Waals surface area (Å²) in [4.78, 5) is 5.33. The summed E-state index contributed by atoms with van der Waals surface area (Å²) in [5.74, 6) is 0. The zero-order chi connectivity index (χ0) is 11.9. The van der Waals surface area contributed by atoms with Crippen molar-refractivity contribution < 1.29 is 26.3 Å². The van der Waals surface area contributed by atoms with Gasteiger partial charge in [-0.25, -0.2) is 9.97 Å². The van der Waals surface area contributed by atoms with Crippen molar-refractivity contribution in [3.63, 3.8) is 0 Å². The Hall–Kier alpha value is -1.54. The van der Waals surface area contributed by atoms with Gasteiger partial charge in [-0.2, -0.15) is 26.3 Å². The van der Waals surface area contributed by atoms with Crippen molar-refractivity contribution in [1.82, 2.24) is 9.97 Å². The van der Waals surface area contributed by atoms with E-state index >= 15 is 0 Å². The third kappa shape index (κ3) is 2.28. The number of nitrogen functional groups attached to an aromatic ring is 1. The standard InChI is InChI=1S/C6H3F6N3/c7-5(8,9)3-2(13)4(6(10,11)12)15-1-14-3/h1H,13H2. The molecule has 0 aliphatic rings. The molecule has 1 rings (SSSR count). The van der Waals surface area contributed by atoms with Gasteiger partial charge < -0.3 is 5.73 Å². The molecule has 0 saturated carbocycles. The zero-order valence-corrected chi connectivity index (χ0v) is 6.82. The maximum atomic E-state index is 12.1. The average Bonchev–Trinajstić information content (AvgIpc) is 1.99. The first kappa shape index (κ1) is 11.5. The highest BCUT2D eigenvalue weighted by Gasteiger charge is 2.42. The lowest BCUT2D eigenvalue weighted by Crippen LogP contribution is -2.19. The molecule has 0 aliphatic carbocycles. The molecule has 0 fully saturated rings. The summed E-state index contributed by atoms with van der Waals surface area (Å²) in [7, 11) is 0. The maximum Gasteiger partial charge on any atom is 0.435 e. The summed E-state index contributed by atoms with van der Waals surface area (Å²) in [6, 6.07) is 0. The smallest absolute Gasteiger partial charge is 0.395 e. The fourth-order valence-corrected chi connectivity index (χ4v) is 0.847. The van der Waals surface area contributed by atoms with Crippen molar-refractivity contribution in [1.29, 1.82) is 0 Å². The first-order valence-electron chi connectivity index (χ1n) is 3.39. The predicted molar refractivity (Wildman–Crippen MR) is 36.4 cm³/mol. The average molecular weight is 231 g/mol. The molecule has 0 aromatic carbocycles. The van der Waals surface area contributed by atoms with E-state index in [1.807, 2.05) is 0 Å². The second-order valence-corrected chi connectivity index (χ2v) is 2.48. The molecule has 1 aromatic heterocycles. The summed E-state index contributed by atoms with van der Waals surface area (Å²) in [6.07, 6.45) is -9.90. The molecule has 0 radical (unpaired) electrons. The van der Waals surface area contributed by atoms with E-state index in [2.05, 4.69) is 9.97 Å². The van der Waals surface area contributed by atoms with Crippen molar-refractivity contribution in [2.24, 2.45) is 0 Å². The van der Waals surface area contributed by atoms with Gasteiger partial charge in [-0.1, -0.05) is 0 Å². The van der Waals surface area contributed by atoms with Crippen molar-refractivity contribution in [2.75, 3.05) is 5.73 Å². The number of aromatic nitrogens is 2. The van der Waals surface area contributed by atoms with Crippen molar-refractivity contribution in [3.05, 3.63) is 17.7 Å². The highest BCUT2D eigenvalue weighted by Crippen LogP contribution is 2.38. The van der Waals surface area contributed by atoms with Crippen LogP contribution in [0.2, 0.25) is 0 Å². The van der Waals surface area contributed by atoms with Crippen LogP contribution in [0.5, 0.6) is 0 Å². The molecular formula is C6H3F6N3. The van der Waals surface area contributed by atoms with E-state index in [1.54, 1.807) is 0 Å². The van der Waals surface area contributed by atoms with E-state index in [0.717, 1.165) is 0 Å². The molecule has 0 atom stereocenters. The monoisotopic (exact) mass is 231 g/mol. The van der Waals surface area contributed by atoms with Crippen LogP contribution in [-0.4, -0.2) is 9.97 Å². The quantitative estimate of drug-likeness (QED) is 0.695. The Bertz CT molecular complexity index is 336. The number of hydrogen-bond donors (Lipinski definition) is 1. The Balaban J connectivity index is 3.37. The first-order valence-corrected chi connectivity index (χ1v) is 3.39. The Kier molecular flexibility index (Phi) is 2.49. The highest BCUT2D eigenvalue weighted by atomic mass is 19.4. The molecule has 2 N–H and O–H groups in total. The van der Waals surface area contributed by atoms with Gasteiger partial charge in [0.25, 0.3) is 0 Å². The van der Waals surface area contributed by atoms with Gasteiger partial charge in [-0.05, 0) is 0 Å². The normalized spacial score (nSPS) is 12.9. The third-order valence-electron chi connectivity index (χ3n) is 1.42. The van der Waals surface area contributed by atoms with Crippen LogP contribution in [0, 0.1) is 0 Å². The van der Waals surface area contributed by atoms with Crippen LogP contribution >= 0.6 is 0 Å². The van der Waals surface area contributed by atoms with Crippen LogP contribution in [-0.2, 0) is 12.4 Å². The number of alkyl halides is 6. The van der Waals surface area contributed by atoms with Gasteiger partial charge in [-0.15, -0.1) is 0 Å². The number of halogens is 6. The van der Waals surface area contributed by atoms with E-state index in [0.29, 0.717) is 0 Å². The van der Waals surface area contributed by atoms with Crippen molar-refractivity contribution >= 4 is 5.69 Å². The molecule has 3 nitrogen and oxygen atoms in total. The fraction of sp³-hybridized carbons (Fsp3) is 0.333. The molecule has 1 heterocycles. The minimum absolute atomic E-state index is 0.169. The Morgan fingerprint density at radius 1 is 0.867 bits per heavy atom. The lowest BCUT2D eigenvalue weighted by molar-refractivity contribution is -0.146. The van der Waals surface area contributed by atoms with E-state index < -0.39 is 29.4 Å². The Morgan fingerprint density at radius 2 is 1.20 bits per heavy atom. The van der Waals surface area contributed by atoms with Crippen LogP contribution in [0.1, 0.15) is 11.4 Å². The number of anilines is 1. The molecule has 0 amide bonds. The number of hydrogen-bond acceptors (Lipinski definition) is 3. The molecule has 1 aromatic rings. The molecule has 0 spiro atoms. The molecular weight excluding hydrogens is 228 g/mol. The second kappa shape index (κ2) is 3.24. The van der Waals surface area contributed by atoms with Gasteiger partial charge in [0.2, 0.25) is 0 Å². The SMILES string of the molecule is Nc1c(C(F)(F)F)ncnc1C(F)(F)F. The summed E-state index contributed by atoms with van der Waals surface area (Å²) >= 11 is 0. The van der Waals surface area contributed by atoms with Crippen LogP contribution in [0.4, 0.5) is 32.0 Å². The third-order valence-corrected chi connectivity index (χ3v) is 1.42. The summed E-state index contributed by atoms with van der Waals surface area (Å²) in [6.45, 7) is 0. The van der Waals surface area contributed by atoms with Crippen LogP contribution in [0.25, 0.3) is 0 Å². The zero-order valence-electron chi connectivity index (χ0n) is 6.82. The molecule has 0 bridgehead atoms. The fourth-order valence-electron chi connectivity index (χ4n) is 0.847. The Morgan fingerprint density at radius 3 is 1.47 bits per heavy atom. The number of rotatable bonds is 0. The van der Waals surface area contributed by atoms with Crippen molar-refractivity contribution in [2.45, 2.75) is 12.4 Å². The van der Waals surface area contributed by atoms with E-state index in [4.69, 9.17) is 5.73 Å². The molecule has 0 unspecified atom stereocenters. The first-order chi connectivity index (χ1) is 6.64. The van der Waals surface area contributed by atoms with E-state index in [-0.39, 0.29) is 6.33 Å². The van der Waals surface area contributed by atoms with Crippen LogP contribution < -0.4 is 5.73 Å². The topological polar surface area (TPSA) is 51.8 Å². The predicted octanol–water partition coefficient (Wildman–Crippen LogP) is 2.10. The van der Waals surface area contributed by atoms with Crippen LogP contribution in [0.3, 0.4) is 0 Å². The largest absolute Gasteiger partial charge is 0.435 e. The number of nitrogens with zero attached hydrogens (tertiary/aromatic N) is 2. The molecule has 15 heavy (non-hydrogen) atoms. The Labute approximate surface area is 78.9 Å². The summed E-state index contributed by atoms with van der Waals surface area (Å²) in [5, 5.41) is 0. The van der Waals surface area contributed by atoms with Gasteiger partial charge in [0, 0.05) is 0 Å². The summed E-state index contributed by atoms with van der Waals surface area (Å²) in [5.41, 5.74) is -0.400. The van der Waals surface area contributed by atoms with Gasteiger partial charge in [0.15, 0.2) is 11.4 Å². The second-order valence-electron chi connectivity index (χ2n) is 2.48. The van der Waals surface area contributed by atoms with Crippen molar-refractivity contribution in [3.8, 4) is 0 Å². The molecule has 84 valence electrons. The van der Waals surface area contributed by atoms with Gasteiger partial charge in [-0.3, -0.25) is 0 Å². The maximum absolute atomic E-state index is 12.1. The van der Waals surface area contributed by atoms with Crippen LogP contribution in [0.15, 0.2) is 6.33 Å². The minimum Gasteiger partial charge on any atom is -0.395 e. The lowest BCUT2D eigenvalue weighted by atomic mass is 10.2. The molecule has 0 saturated heterocycles.